The van der Waals surface area contributed by atoms with Gasteiger partial charge >= 0.3 is 0 Å². The summed E-state index contributed by atoms with van der Waals surface area (Å²) in [5.74, 6) is 0.366. The van der Waals surface area contributed by atoms with Gasteiger partial charge < -0.3 is 15.0 Å². The number of hydrogen-bond acceptors (Lipinski definition) is 2. The Kier molecular flexibility index (Phi) is 3.39. The number of nitrogens with one attached hydrogen (secondary N) is 1. The Morgan fingerprint density at radius 3 is 2.81 bits per heavy atom. The first-order chi connectivity index (χ1) is 7.59. The zero-order valence-corrected chi connectivity index (χ0v) is 11.6. The molecule has 86 valence electrons. The van der Waals surface area contributed by atoms with E-state index in [1.807, 2.05) is 12.1 Å². The zero-order chi connectivity index (χ0) is 11.7. The third kappa shape index (κ3) is 2.17. The molecule has 1 aromatic carbocycles. The third-order valence-corrected chi connectivity index (χ3v) is 3.58. The molecule has 0 saturated heterocycles. The molecule has 0 spiro atoms. The number of phenols is 1. The van der Waals surface area contributed by atoms with Crippen LogP contribution in [0.5, 0.6) is 5.75 Å². The van der Waals surface area contributed by atoms with Crippen molar-refractivity contribution in [1.29, 1.82) is 0 Å². The lowest BCUT2D eigenvalue weighted by Gasteiger charge is -2.09. The highest BCUT2D eigenvalue weighted by atomic mass is 127. The van der Waals surface area contributed by atoms with E-state index in [0.717, 1.165) is 27.6 Å². The molecular weight excluding hydrogens is 315 g/mol. The summed E-state index contributed by atoms with van der Waals surface area (Å²) < 4.78 is 1.12. The number of benzene rings is 1. The van der Waals surface area contributed by atoms with Gasteiger partial charge in [0.25, 0.3) is 0 Å². The van der Waals surface area contributed by atoms with Crippen LogP contribution in [0.1, 0.15) is 5.56 Å². The third-order valence-electron chi connectivity index (χ3n) is 2.66. The van der Waals surface area contributed by atoms with Crippen LogP contribution in [0, 0.1) is 3.70 Å². The van der Waals surface area contributed by atoms with E-state index < -0.39 is 0 Å². The van der Waals surface area contributed by atoms with Crippen molar-refractivity contribution < 1.29 is 5.11 Å². The van der Waals surface area contributed by atoms with Crippen molar-refractivity contribution in [2.45, 2.75) is 6.42 Å². The van der Waals surface area contributed by atoms with Crippen molar-refractivity contribution in [3.63, 3.8) is 0 Å². The summed E-state index contributed by atoms with van der Waals surface area (Å²) >= 11 is 2.29. The fourth-order valence-corrected chi connectivity index (χ4v) is 2.66. The van der Waals surface area contributed by atoms with E-state index in [9.17, 15) is 5.11 Å². The van der Waals surface area contributed by atoms with Gasteiger partial charge in [0.05, 0.1) is 9.22 Å². The highest BCUT2D eigenvalue weighted by Crippen LogP contribution is 2.31. The Morgan fingerprint density at radius 2 is 2.12 bits per heavy atom. The summed E-state index contributed by atoms with van der Waals surface area (Å²) in [4.78, 5) is 5.45. The van der Waals surface area contributed by atoms with Crippen LogP contribution in [0.4, 0.5) is 0 Å². The number of halogens is 1. The number of aromatic nitrogens is 1. The highest BCUT2D eigenvalue weighted by Gasteiger charge is 2.12. The number of aromatic amines is 1. The van der Waals surface area contributed by atoms with Crippen molar-refractivity contribution in [3.05, 3.63) is 27.5 Å². The van der Waals surface area contributed by atoms with Crippen LogP contribution in [-0.2, 0) is 6.42 Å². The van der Waals surface area contributed by atoms with Crippen LogP contribution >= 0.6 is 22.6 Å². The number of rotatable bonds is 3. The smallest absolute Gasteiger partial charge is 0.125 e. The molecule has 0 bridgehead atoms. The first-order valence-corrected chi connectivity index (χ1v) is 6.30. The van der Waals surface area contributed by atoms with Gasteiger partial charge in [0.2, 0.25) is 0 Å². The molecule has 0 atom stereocenters. The van der Waals surface area contributed by atoms with Crippen LogP contribution in [0.25, 0.3) is 10.9 Å². The second-order valence-corrected chi connectivity index (χ2v) is 5.25. The number of fused-ring (bicyclic) bond motifs is 1. The second-order valence-electron chi connectivity index (χ2n) is 4.17. The van der Waals surface area contributed by atoms with Crippen LogP contribution < -0.4 is 0 Å². The molecule has 16 heavy (non-hydrogen) atoms. The van der Waals surface area contributed by atoms with Gasteiger partial charge in [-0.05, 0) is 60.8 Å². The standard InChI is InChI=1S/C12H15IN2O/c1-15(2)7-6-8-11-9(14-12(8)13)4-3-5-10(11)16/h3-5,14,16H,6-7H2,1-2H3. The molecule has 1 heterocycles. The molecule has 3 nitrogen and oxygen atoms in total. The summed E-state index contributed by atoms with van der Waals surface area (Å²) in [6.07, 6.45) is 0.947. The average molecular weight is 330 g/mol. The number of nitrogens with zero attached hydrogens (tertiary/aromatic N) is 1. The first kappa shape index (κ1) is 11.7. The van der Waals surface area contributed by atoms with Crippen LogP contribution in [0.2, 0.25) is 0 Å². The predicted molar refractivity (Wildman–Crippen MR) is 74.9 cm³/mol. The normalized spacial score (nSPS) is 11.5. The first-order valence-electron chi connectivity index (χ1n) is 5.22. The zero-order valence-electron chi connectivity index (χ0n) is 9.42. The van der Waals surface area contributed by atoms with Crippen molar-refractivity contribution in [2.75, 3.05) is 20.6 Å². The fourth-order valence-electron chi connectivity index (χ4n) is 1.84. The number of likely N-dealkylation sites (N-methyl/N-ethyl adjacent to an activating group) is 1. The van der Waals surface area contributed by atoms with Crippen LogP contribution in [-0.4, -0.2) is 35.6 Å². The molecular formula is C12H15IN2O. The maximum atomic E-state index is 9.89. The largest absolute Gasteiger partial charge is 0.507 e. The molecule has 0 aliphatic carbocycles. The lowest BCUT2D eigenvalue weighted by molar-refractivity contribution is 0.413. The van der Waals surface area contributed by atoms with E-state index in [1.54, 1.807) is 6.07 Å². The van der Waals surface area contributed by atoms with Gasteiger partial charge in [-0.15, -0.1) is 0 Å². The number of H-pyrrole nitrogens is 1. The minimum Gasteiger partial charge on any atom is -0.507 e. The van der Waals surface area contributed by atoms with Crippen molar-refractivity contribution in [2.24, 2.45) is 0 Å². The Bertz CT molecular complexity index is 505. The summed E-state index contributed by atoms with van der Waals surface area (Å²) in [6.45, 7) is 0.983. The number of hydrogen-bond donors (Lipinski definition) is 2. The maximum absolute atomic E-state index is 9.89. The van der Waals surface area contributed by atoms with E-state index in [0.29, 0.717) is 5.75 Å². The molecule has 0 aliphatic rings. The molecule has 0 unspecified atom stereocenters. The van der Waals surface area contributed by atoms with Gasteiger partial charge in [0.15, 0.2) is 0 Å². The molecule has 0 aliphatic heterocycles. The van der Waals surface area contributed by atoms with Gasteiger partial charge in [-0.25, -0.2) is 0 Å². The molecule has 2 rings (SSSR count). The van der Waals surface area contributed by atoms with Gasteiger partial charge in [0, 0.05) is 11.9 Å². The van der Waals surface area contributed by atoms with E-state index in [1.165, 1.54) is 5.56 Å². The molecule has 0 fully saturated rings. The highest BCUT2D eigenvalue weighted by molar-refractivity contribution is 14.1. The van der Waals surface area contributed by atoms with Crippen LogP contribution in [0.3, 0.4) is 0 Å². The topological polar surface area (TPSA) is 39.3 Å². The Balaban J connectivity index is 2.46. The predicted octanol–water partition coefficient (Wildman–Crippen LogP) is 2.58. The van der Waals surface area contributed by atoms with Gasteiger partial charge in [0.1, 0.15) is 5.75 Å². The van der Waals surface area contributed by atoms with Crippen LogP contribution in [0.15, 0.2) is 18.2 Å². The van der Waals surface area contributed by atoms with Gasteiger partial charge in [-0.1, -0.05) is 6.07 Å². The van der Waals surface area contributed by atoms with E-state index in [2.05, 4.69) is 46.6 Å². The molecule has 0 amide bonds. The Morgan fingerprint density at radius 1 is 1.38 bits per heavy atom. The SMILES string of the molecule is CN(C)CCc1c(I)[nH]c2cccc(O)c12. The minimum atomic E-state index is 0.366. The molecule has 0 radical (unpaired) electrons. The molecule has 1 aromatic heterocycles. The summed E-state index contributed by atoms with van der Waals surface area (Å²) in [7, 11) is 4.11. The van der Waals surface area contributed by atoms with Gasteiger partial charge in [-0.2, -0.15) is 0 Å². The molecule has 4 heteroatoms. The minimum absolute atomic E-state index is 0.366. The Hall–Kier alpha value is -0.750. The molecule has 0 saturated carbocycles. The lowest BCUT2D eigenvalue weighted by Crippen LogP contribution is -2.15. The molecule has 2 N–H and O–H groups in total. The van der Waals surface area contributed by atoms with Crippen molar-refractivity contribution in [1.82, 2.24) is 9.88 Å². The Labute approximate surface area is 109 Å². The fraction of sp³-hybridized carbons (Fsp3) is 0.333. The quantitative estimate of drug-likeness (QED) is 0.849. The van der Waals surface area contributed by atoms with Crippen molar-refractivity contribution in [3.8, 4) is 5.75 Å². The van der Waals surface area contributed by atoms with Crippen molar-refractivity contribution >= 4 is 33.5 Å². The maximum Gasteiger partial charge on any atom is 0.125 e. The summed E-state index contributed by atoms with van der Waals surface area (Å²) in [6, 6.07) is 5.60. The lowest BCUT2D eigenvalue weighted by atomic mass is 10.1. The number of aromatic hydroxyl groups is 1. The average Bonchev–Trinajstić information content (AvgIpc) is 2.52. The monoisotopic (exact) mass is 330 g/mol. The van der Waals surface area contributed by atoms with E-state index in [-0.39, 0.29) is 0 Å². The summed E-state index contributed by atoms with van der Waals surface area (Å²) in [5.41, 5.74) is 2.22. The van der Waals surface area contributed by atoms with Gasteiger partial charge in [-0.3, -0.25) is 0 Å². The second kappa shape index (κ2) is 4.63. The molecule has 2 aromatic rings. The van der Waals surface area contributed by atoms with E-state index in [4.69, 9.17) is 0 Å². The summed E-state index contributed by atoms with van der Waals surface area (Å²) in [5, 5.41) is 10.9. The van der Waals surface area contributed by atoms with E-state index >= 15 is 0 Å². The number of phenolic OH excluding ortho intramolecular Hbond substituents is 1.